The number of carbonyl (C=O) groups is 1. The van der Waals surface area contributed by atoms with E-state index in [1.54, 1.807) is 0 Å². The number of halogens is 1. The molecule has 23 heavy (non-hydrogen) atoms. The Hall–Kier alpha value is -1.56. The van der Waals surface area contributed by atoms with Crippen LogP contribution in [0.5, 0.6) is 0 Å². The predicted molar refractivity (Wildman–Crippen MR) is 88.8 cm³/mol. The number of likely N-dealkylation sites (tertiary alicyclic amines) is 1. The first-order valence-electron chi connectivity index (χ1n) is 7.95. The standard InChI is InChI=1S/C16H23ClN4O2/c1-10-5-13(17)18-19-14(10)20-6-11-8-21(9-12(11)7-20)15(22)23-16(2,3)4/h5,11-12H,6-9H2,1-4H3. The molecule has 1 aromatic rings. The van der Waals surface area contributed by atoms with Crippen LogP contribution in [0.25, 0.3) is 0 Å². The number of amides is 1. The van der Waals surface area contributed by atoms with Crippen LogP contribution in [0.2, 0.25) is 5.15 Å². The molecular formula is C16H23ClN4O2. The highest BCUT2D eigenvalue weighted by Gasteiger charge is 2.43. The van der Waals surface area contributed by atoms with Gasteiger partial charge in [0.15, 0.2) is 11.0 Å². The average molecular weight is 339 g/mol. The van der Waals surface area contributed by atoms with E-state index >= 15 is 0 Å². The molecule has 1 aromatic heterocycles. The number of fused-ring (bicyclic) bond motifs is 1. The highest BCUT2D eigenvalue weighted by Crippen LogP contribution is 2.34. The second-order valence-electron chi connectivity index (χ2n) is 7.48. The second kappa shape index (κ2) is 5.82. The van der Waals surface area contributed by atoms with Crippen LogP contribution in [0.3, 0.4) is 0 Å². The van der Waals surface area contributed by atoms with Gasteiger partial charge in [-0.3, -0.25) is 0 Å². The summed E-state index contributed by atoms with van der Waals surface area (Å²) >= 11 is 5.88. The van der Waals surface area contributed by atoms with Gasteiger partial charge in [-0.05, 0) is 39.3 Å². The lowest BCUT2D eigenvalue weighted by Crippen LogP contribution is -2.37. The lowest BCUT2D eigenvalue weighted by molar-refractivity contribution is 0.0282. The van der Waals surface area contributed by atoms with Gasteiger partial charge in [-0.2, -0.15) is 0 Å². The summed E-state index contributed by atoms with van der Waals surface area (Å²) in [7, 11) is 0. The number of anilines is 1. The number of aromatic nitrogens is 2. The first-order chi connectivity index (χ1) is 10.7. The molecule has 0 spiro atoms. The molecule has 2 aliphatic rings. The van der Waals surface area contributed by atoms with Crippen LogP contribution in [-0.4, -0.2) is 53.0 Å². The van der Waals surface area contributed by atoms with Crippen LogP contribution >= 0.6 is 11.6 Å². The van der Waals surface area contributed by atoms with Crippen LogP contribution in [0.1, 0.15) is 26.3 Å². The molecule has 0 N–H and O–H groups in total. The van der Waals surface area contributed by atoms with E-state index in [0.29, 0.717) is 17.0 Å². The Balaban J connectivity index is 1.62. The van der Waals surface area contributed by atoms with E-state index in [1.807, 2.05) is 38.7 Å². The van der Waals surface area contributed by atoms with Crippen molar-refractivity contribution in [3.63, 3.8) is 0 Å². The van der Waals surface area contributed by atoms with Gasteiger partial charge < -0.3 is 14.5 Å². The lowest BCUT2D eigenvalue weighted by Gasteiger charge is -2.26. The molecule has 2 unspecified atom stereocenters. The van der Waals surface area contributed by atoms with Gasteiger partial charge in [0, 0.05) is 38.0 Å². The van der Waals surface area contributed by atoms with Crippen LogP contribution < -0.4 is 4.90 Å². The number of hydrogen-bond acceptors (Lipinski definition) is 5. The lowest BCUT2D eigenvalue weighted by atomic mass is 10.0. The van der Waals surface area contributed by atoms with Crippen LogP contribution in [0, 0.1) is 18.8 Å². The third-order valence-corrected chi connectivity index (χ3v) is 4.55. The van der Waals surface area contributed by atoms with Gasteiger partial charge in [-0.1, -0.05) is 11.6 Å². The fraction of sp³-hybridized carbons (Fsp3) is 0.688. The zero-order valence-electron chi connectivity index (χ0n) is 14.0. The number of ether oxygens (including phenoxy) is 1. The van der Waals surface area contributed by atoms with Crippen molar-refractivity contribution < 1.29 is 9.53 Å². The van der Waals surface area contributed by atoms with Crippen LogP contribution in [0.15, 0.2) is 6.07 Å². The summed E-state index contributed by atoms with van der Waals surface area (Å²) < 4.78 is 5.47. The summed E-state index contributed by atoms with van der Waals surface area (Å²) in [4.78, 5) is 16.3. The van der Waals surface area contributed by atoms with Gasteiger partial charge in [0.25, 0.3) is 0 Å². The molecule has 3 heterocycles. The second-order valence-corrected chi connectivity index (χ2v) is 7.87. The molecule has 2 saturated heterocycles. The third kappa shape index (κ3) is 3.52. The Bertz CT molecular complexity index is 603. The summed E-state index contributed by atoms with van der Waals surface area (Å²) in [6.07, 6.45) is -0.207. The number of rotatable bonds is 1. The zero-order valence-corrected chi connectivity index (χ0v) is 14.8. The predicted octanol–water partition coefficient (Wildman–Crippen LogP) is 2.74. The molecule has 126 valence electrons. The molecule has 1 amide bonds. The molecule has 2 atom stereocenters. The Labute approximate surface area is 141 Å². The fourth-order valence-electron chi connectivity index (χ4n) is 3.40. The maximum absolute atomic E-state index is 12.2. The number of nitrogens with zero attached hydrogens (tertiary/aromatic N) is 4. The van der Waals surface area contributed by atoms with E-state index in [1.165, 1.54) is 0 Å². The number of aryl methyl sites for hydroxylation is 1. The average Bonchev–Trinajstić information content (AvgIpc) is 2.94. The van der Waals surface area contributed by atoms with Crippen molar-refractivity contribution in [1.82, 2.24) is 15.1 Å². The van der Waals surface area contributed by atoms with Crippen LogP contribution in [-0.2, 0) is 4.74 Å². The van der Waals surface area contributed by atoms with E-state index in [-0.39, 0.29) is 6.09 Å². The van der Waals surface area contributed by atoms with E-state index in [0.717, 1.165) is 37.6 Å². The maximum atomic E-state index is 12.2. The van der Waals surface area contributed by atoms with Crippen molar-refractivity contribution in [3.8, 4) is 0 Å². The fourth-order valence-corrected chi connectivity index (χ4v) is 3.60. The molecule has 2 fully saturated rings. The van der Waals surface area contributed by atoms with Crippen molar-refractivity contribution in [1.29, 1.82) is 0 Å². The number of hydrogen-bond donors (Lipinski definition) is 0. The maximum Gasteiger partial charge on any atom is 0.410 e. The number of carbonyl (C=O) groups excluding carboxylic acids is 1. The Kier molecular flexibility index (Phi) is 4.12. The van der Waals surface area contributed by atoms with E-state index < -0.39 is 5.60 Å². The van der Waals surface area contributed by atoms with Crippen molar-refractivity contribution >= 4 is 23.5 Å². The molecule has 6 nitrogen and oxygen atoms in total. The molecule has 2 aliphatic heterocycles. The minimum absolute atomic E-state index is 0.207. The Morgan fingerprint density at radius 2 is 1.83 bits per heavy atom. The summed E-state index contributed by atoms with van der Waals surface area (Å²) in [6, 6.07) is 1.84. The highest BCUT2D eigenvalue weighted by atomic mass is 35.5. The van der Waals surface area contributed by atoms with Gasteiger partial charge in [0.2, 0.25) is 0 Å². The smallest absolute Gasteiger partial charge is 0.410 e. The molecule has 0 radical (unpaired) electrons. The van der Waals surface area contributed by atoms with Crippen molar-refractivity contribution in [2.75, 3.05) is 31.1 Å². The summed E-state index contributed by atoms with van der Waals surface area (Å²) in [5.41, 5.74) is 0.588. The van der Waals surface area contributed by atoms with Crippen molar-refractivity contribution in [3.05, 3.63) is 16.8 Å². The zero-order chi connectivity index (χ0) is 16.8. The van der Waals surface area contributed by atoms with E-state index in [9.17, 15) is 4.79 Å². The first kappa shape index (κ1) is 16.3. The topological polar surface area (TPSA) is 58.6 Å². The molecule has 0 aliphatic carbocycles. The normalized spacial score (nSPS) is 24.0. The molecule has 0 bridgehead atoms. The van der Waals surface area contributed by atoms with E-state index in [2.05, 4.69) is 15.1 Å². The first-order valence-corrected chi connectivity index (χ1v) is 8.33. The Morgan fingerprint density at radius 1 is 1.22 bits per heavy atom. The Morgan fingerprint density at radius 3 is 2.35 bits per heavy atom. The van der Waals surface area contributed by atoms with Gasteiger partial charge in [0.05, 0.1) is 0 Å². The minimum Gasteiger partial charge on any atom is -0.444 e. The van der Waals surface area contributed by atoms with E-state index in [4.69, 9.17) is 16.3 Å². The molecular weight excluding hydrogens is 316 g/mol. The highest BCUT2D eigenvalue weighted by molar-refractivity contribution is 6.29. The molecule has 3 rings (SSSR count). The quantitative estimate of drug-likeness (QED) is 0.788. The monoisotopic (exact) mass is 338 g/mol. The van der Waals surface area contributed by atoms with Crippen LogP contribution in [0.4, 0.5) is 10.6 Å². The van der Waals surface area contributed by atoms with Gasteiger partial charge in [-0.25, -0.2) is 4.79 Å². The van der Waals surface area contributed by atoms with Crippen molar-refractivity contribution in [2.45, 2.75) is 33.3 Å². The van der Waals surface area contributed by atoms with Gasteiger partial charge in [0.1, 0.15) is 5.60 Å². The largest absolute Gasteiger partial charge is 0.444 e. The summed E-state index contributed by atoms with van der Waals surface area (Å²) in [5, 5.41) is 8.60. The molecule has 0 aromatic carbocycles. The molecule has 0 saturated carbocycles. The molecule has 7 heteroatoms. The summed E-state index contributed by atoms with van der Waals surface area (Å²) in [5.74, 6) is 1.81. The van der Waals surface area contributed by atoms with Crippen molar-refractivity contribution in [2.24, 2.45) is 11.8 Å². The SMILES string of the molecule is Cc1cc(Cl)nnc1N1CC2CN(C(=O)OC(C)(C)C)CC2C1. The van der Waals surface area contributed by atoms with Gasteiger partial charge >= 0.3 is 6.09 Å². The summed E-state index contributed by atoms with van der Waals surface area (Å²) in [6.45, 7) is 11.0. The third-order valence-electron chi connectivity index (χ3n) is 4.37. The van der Waals surface area contributed by atoms with Gasteiger partial charge in [-0.15, -0.1) is 10.2 Å². The minimum atomic E-state index is -0.448.